The number of urea groups is 1. The van der Waals surface area contributed by atoms with Crippen molar-refractivity contribution in [2.75, 3.05) is 13.7 Å². The van der Waals surface area contributed by atoms with Crippen LogP contribution < -0.4 is 10.1 Å². The molecule has 0 bridgehead atoms. The largest absolute Gasteiger partial charge is 0.496 e. The fourth-order valence-corrected chi connectivity index (χ4v) is 5.87. The zero-order valence-electron chi connectivity index (χ0n) is 21.1. The Morgan fingerprint density at radius 1 is 1.13 bits per heavy atom. The number of rotatable bonds is 12. The predicted molar refractivity (Wildman–Crippen MR) is 147 cm³/mol. The number of nitrogens with one attached hydrogen (secondary N) is 1. The van der Waals surface area contributed by atoms with E-state index in [1.807, 2.05) is 29.7 Å². The monoisotopic (exact) mass is 555 g/mol. The van der Waals surface area contributed by atoms with Gasteiger partial charge in [0.05, 0.1) is 19.7 Å². The van der Waals surface area contributed by atoms with Crippen LogP contribution in [0.3, 0.4) is 0 Å². The Morgan fingerprint density at radius 3 is 2.71 bits per heavy atom. The van der Waals surface area contributed by atoms with Crippen LogP contribution in [-0.2, 0) is 22.7 Å². The number of benzene rings is 2. The first-order valence-corrected chi connectivity index (χ1v) is 13.8. The van der Waals surface area contributed by atoms with Gasteiger partial charge >= 0.3 is 6.03 Å². The summed E-state index contributed by atoms with van der Waals surface area (Å²) in [5.41, 5.74) is 2.05. The molecule has 0 aromatic heterocycles. The Kier molecular flexibility index (Phi) is 9.47. The molecule has 0 radical (unpaired) electrons. The number of unbranched alkanes of at least 4 members (excludes halogenated alkanes) is 2. The van der Waals surface area contributed by atoms with Crippen LogP contribution >= 0.6 is 23.4 Å². The first-order valence-electron chi connectivity index (χ1n) is 12.5. The van der Waals surface area contributed by atoms with Gasteiger partial charge < -0.3 is 15.0 Å². The molecule has 4 rings (SSSR count). The highest BCUT2D eigenvalue weighted by atomic mass is 35.5. The molecule has 8 nitrogen and oxygen atoms in total. The summed E-state index contributed by atoms with van der Waals surface area (Å²) in [6.45, 7) is 0.871. The van der Waals surface area contributed by atoms with Gasteiger partial charge in [-0.15, -0.1) is 11.8 Å². The Balaban J connectivity index is 1.31. The van der Waals surface area contributed by atoms with Crippen molar-refractivity contribution in [3.05, 3.63) is 75.7 Å². The van der Waals surface area contributed by atoms with E-state index in [0.717, 1.165) is 11.8 Å². The van der Waals surface area contributed by atoms with Crippen molar-refractivity contribution in [3.63, 3.8) is 0 Å². The fraction of sp³-hybridized carbons (Fsp3) is 0.357. The lowest BCUT2D eigenvalue weighted by molar-refractivity contribution is -0.131. The van der Waals surface area contributed by atoms with Gasteiger partial charge in [0.25, 0.3) is 0 Å². The number of hydrogen-bond acceptors (Lipinski definition) is 6. The van der Waals surface area contributed by atoms with Crippen LogP contribution in [0.2, 0.25) is 5.02 Å². The highest BCUT2D eigenvalue weighted by Crippen LogP contribution is 2.36. The maximum Gasteiger partial charge on any atom is 0.327 e. The molecule has 4 amide bonds. The number of amides is 4. The van der Waals surface area contributed by atoms with Crippen molar-refractivity contribution < 1.29 is 23.9 Å². The Labute approximate surface area is 231 Å². The summed E-state index contributed by atoms with van der Waals surface area (Å²) in [6, 6.07) is 11.7. The predicted octanol–water partition coefficient (Wildman–Crippen LogP) is 4.80. The van der Waals surface area contributed by atoms with E-state index in [2.05, 4.69) is 5.32 Å². The molecule has 0 saturated carbocycles. The molecule has 2 aliphatic heterocycles. The number of aldehydes is 1. The molecule has 2 aliphatic rings. The van der Waals surface area contributed by atoms with Crippen LogP contribution in [0.1, 0.15) is 47.2 Å². The van der Waals surface area contributed by atoms with Crippen molar-refractivity contribution in [1.82, 2.24) is 15.1 Å². The molecule has 0 aliphatic carbocycles. The highest BCUT2D eigenvalue weighted by Gasteiger charge is 2.47. The molecule has 10 heteroatoms. The first kappa shape index (κ1) is 27.7. The Morgan fingerprint density at radius 2 is 1.95 bits per heavy atom. The molecule has 2 aromatic carbocycles. The number of carbonyl (C=O) groups excluding carboxylic acids is 4. The van der Waals surface area contributed by atoms with Gasteiger partial charge in [0, 0.05) is 35.7 Å². The number of hydrogen-bond donors (Lipinski definition) is 1. The first-order chi connectivity index (χ1) is 18.4. The number of nitrogens with zero attached hydrogens (tertiary/aromatic N) is 2. The van der Waals surface area contributed by atoms with Gasteiger partial charge in [-0.1, -0.05) is 42.3 Å². The molecule has 1 fully saturated rings. The van der Waals surface area contributed by atoms with Crippen LogP contribution in [0.15, 0.2) is 53.9 Å². The number of fused-ring (bicyclic) bond motifs is 1. The fourth-order valence-electron chi connectivity index (χ4n) is 4.61. The van der Waals surface area contributed by atoms with Gasteiger partial charge in [-0.05, 0) is 48.1 Å². The molecular formula is C28H30ClN3O5S. The topological polar surface area (TPSA) is 96.0 Å². The van der Waals surface area contributed by atoms with Crippen LogP contribution in [0.5, 0.6) is 5.75 Å². The minimum Gasteiger partial charge on any atom is -0.496 e. The number of carbonyl (C=O) groups is 4. The second kappa shape index (κ2) is 13.0. The zero-order valence-corrected chi connectivity index (χ0v) is 22.7. The van der Waals surface area contributed by atoms with Crippen LogP contribution in [-0.4, -0.2) is 58.9 Å². The third kappa shape index (κ3) is 6.39. The number of thioether (sulfide) groups is 1. The van der Waals surface area contributed by atoms with E-state index in [4.69, 9.17) is 16.3 Å². The minimum atomic E-state index is -0.400. The van der Waals surface area contributed by atoms with Crippen molar-refractivity contribution in [1.29, 1.82) is 0 Å². The number of halogens is 1. The minimum absolute atomic E-state index is 0.0657. The summed E-state index contributed by atoms with van der Waals surface area (Å²) >= 11 is 7.54. The second-order valence-corrected chi connectivity index (χ2v) is 10.6. The number of methoxy groups -OCH3 is 1. The third-order valence-electron chi connectivity index (χ3n) is 6.66. The number of ether oxygens (including phenoxy) is 1. The molecular weight excluding hydrogens is 526 g/mol. The molecule has 38 heavy (non-hydrogen) atoms. The second-order valence-electron chi connectivity index (χ2n) is 9.14. The van der Waals surface area contributed by atoms with Gasteiger partial charge in [0.1, 0.15) is 17.3 Å². The number of imide groups is 1. The van der Waals surface area contributed by atoms with Gasteiger partial charge in [-0.25, -0.2) is 4.79 Å². The zero-order chi connectivity index (χ0) is 27.1. The van der Waals surface area contributed by atoms with Crippen LogP contribution in [0.4, 0.5) is 4.79 Å². The summed E-state index contributed by atoms with van der Waals surface area (Å²) < 4.78 is 5.44. The molecule has 1 saturated heterocycles. The lowest BCUT2D eigenvalue weighted by Gasteiger charge is -2.41. The van der Waals surface area contributed by atoms with E-state index >= 15 is 0 Å². The normalized spacial score (nSPS) is 18.5. The Bertz CT molecular complexity index is 1240. The molecule has 2 aromatic rings. The maximum absolute atomic E-state index is 13.5. The lowest BCUT2D eigenvalue weighted by atomic mass is 10.0. The van der Waals surface area contributed by atoms with E-state index in [-0.39, 0.29) is 37.0 Å². The summed E-state index contributed by atoms with van der Waals surface area (Å²) in [6.07, 6.45) is 4.93. The van der Waals surface area contributed by atoms with Gasteiger partial charge in [-0.2, -0.15) is 0 Å². The van der Waals surface area contributed by atoms with Crippen molar-refractivity contribution in [2.45, 2.75) is 50.1 Å². The summed E-state index contributed by atoms with van der Waals surface area (Å²) in [4.78, 5) is 53.1. The van der Waals surface area contributed by atoms with E-state index in [9.17, 15) is 19.2 Å². The quantitative estimate of drug-likeness (QED) is 0.298. The van der Waals surface area contributed by atoms with Gasteiger partial charge in [0.15, 0.2) is 0 Å². The summed E-state index contributed by atoms with van der Waals surface area (Å²) in [5, 5.41) is 4.95. The highest BCUT2D eigenvalue weighted by molar-refractivity contribution is 8.03. The van der Waals surface area contributed by atoms with Gasteiger partial charge in [0.2, 0.25) is 11.8 Å². The smallest absolute Gasteiger partial charge is 0.327 e. The molecule has 2 heterocycles. The van der Waals surface area contributed by atoms with Crippen LogP contribution in [0.25, 0.3) is 0 Å². The molecule has 0 spiro atoms. The average Bonchev–Trinajstić information content (AvgIpc) is 3.42. The van der Waals surface area contributed by atoms with E-state index < -0.39 is 5.25 Å². The summed E-state index contributed by atoms with van der Waals surface area (Å²) in [7, 11) is 1.54. The van der Waals surface area contributed by atoms with E-state index in [1.54, 1.807) is 36.3 Å². The Hall–Kier alpha value is -3.30. The van der Waals surface area contributed by atoms with Gasteiger partial charge in [-0.3, -0.25) is 19.3 Å². The van der Waals surface area contributed by atoms with Crippen molar-refractivity contribution in [3.8, 4) is 5.75 Å². The third-order valence-corrected chi connectivity index (χ3v) is 8.11. The molecule has 1 N–H and O–H groups in total. The van der Waals surface area contributed by atoms with Crippen molar-refractivity contribution >= 4 is 47.5 Å². The average molecular weight is 556 g/mol. The lowest BCUT2D eigenvalue weighted by Crippen LogP contribution is -2.61. The summed E-state index contributed by atoms with van der Waals surface area (Å²) in [5.74, 6) is 0.312. The molecule has 2 unspecified atom stereocenters. The maximum atomic E-state index is 13.5. The van der Waals surface area contributed by atoms with E-state index in [0.29, 0.717) is 54.1 Å². The molecule has 2 atom stereocenters. The standard InChI is InChI=1S/C28H30ClN3O5S/c1-37-24-11-10-19(18-33)15-21(24)17-32-23-12-14-38-26(23)27(35)31(28(32)36)13-6-2-3-9-25(34)30-16-20-7-4-5-8-22(20)29/h4-5,7-8,10-12,14-15,18,23,26H,2-3,6,9,13,16-17H2,1H3,(H,30,34). The van der Waals surface area contributed by atoms with Crippen molar-refractivity contribution in [2.24, 2.45) is 0 Å². The van der Waals surface area contributed by atoms with Crippen LogP contribution in [0, 0.1) is 0 Å². The SMILES string of the molecule is COc1ccc(C=O)cc1CN1C(=O)N(CCCCCC(=O)NCc2ccccc2Cl)C(=O)C2SC=CC21. The van der Waals surface area contributed by atoms with E-state index in [1.165, 1.54) is 16.7 Å². The molecule has 200 valence electrons.